The number of rotatable bonds is 9. The SMILES string of the molecule is [2H]C([2H])(c1cc(-n2c3cc(Oc4cccc(N5CN(c6c(-c7ccccc7)cc(C(C)(C)C)cc6-c6ccccc6)c6ccccc65)c4)ccc3c3c4sc5ccccc5c4ccc32)ncc1-c1ccc(C(C)(C)C)cc1)C(C)(C)C. The van der Waals surface area contributed by atoms with Gasteiger partial charge in [-0.05, 0) is 123 Å². The molecule has 1 aliphatic rings. The van der Waals surface area contributed by atoms with Gasteiger partial charge >= 0.3 is 0 Å². The summed E-state index contributed by atoms with van der Waals surface area (Å²) in [6.45, 7) is 20.0. The Hall–Kier alpha value is -8.45. The van der Waals surface area contributed by atoms with Gasteiger partial charge in [0.25, 0.3) is 0 Å². The smallest absolute Gasteiger partial charge is 0.137 e. The van der Waals surface area contributed by atoms with Crippen molar-refractivity contribution in [3.63, 3.8) is 0 Å². The van der Waals surface area contributed by atoms with Crippen molar-refractivity contribution in [3.8, 4) is 50.7 Å². The molecule has 390 valence electrons. The van der Waals surface area contributed by atoms with Crippen LogP contribution in [0.1, 0.15) is 81.7 Å². The lowest BCUT2D eigenvalue weighted by Gasteiger charge is -2.30. The van der Waals surface area contributed by atoms with E-state index in [1.807, 2.05) is 50.4 Å². The first-order chi connectivity index (χ1) is 38.8. The summed E-state index contributed by atoms with van der Waals surface area (Å²) in [5, 5.41) is 4.65. The fraction of sp³-hybridized carbons (Fsp3) is 0.192. The Balaban J connectivity index is 0.932. The summed E-state index contributed by atoms with van der Waals surface area (Å²) in [6, 6.07) is 73.6. The second kappa shape index (κ2) is 19.2. The summed E-state index contributed by atoms with van der Waals surface area (Å²) >= 11 is 1.81. The topological polar surface area (TPSA) is 33.5 Å². The summed E-state index contributed by atoms with van der Waals surface area (Å²) in [7, 11) is 0. The van der Waals surface area contributed by atoms with Gasteiger partial charge in [-0.1, -0.05) is 190 Å². The number of aromatic nitrogens is 2. The molecule has 3 aromatic heterocycles. The monoisotopic (exact) mass is 1050 g/mol. The molecule has 0 saturated carbocycles. The molecule has 5 nitrogen and oxygen atoms in total. The lowest BCUT2D eigenvalue weighted by molar-refractivity contribution is 0.411. The summed E-state index contributed by atoms with van der Waals surface area (Å²) in [5.74, 6) is 2.03. The molecular formula is C73H66N4OS. The van der Waals surface area contributed by atoms with E-state index in [1.165, 1.54) is 59.2 Å². The predicted octanol–water partition coefficient (Wildman–Crippen LogP) is 20.8. The average Bonchev–Trinajstić information content (AvgIpc) is 4.37. The molecule has 0 spiro atoms. The molecule has 13 rings (SSSR count). The van der Waals surface area contributed by atoms with E-state index in [0.717, 1.165) is 50.0 Å². The van der Waals surface area contributed by atoms with Crippen molar-refractivity contribution in [2.45, 2.75) is 79.5 Å². The number of benzene rings is 9. The van der Waals surface area contributed by atoms with Crippen molar-refractivity contribution in [2.75, 3.05) is 16.5 Å². The Morgan fingerprint density at radius 3 is 1.78 bits per heavy atom. The maximum atomic E-state index is 9.82. The lowest BCUT2D eigenvalue weighted by Crippen LogP contribution is -2.25. The molecule has 12 aromatic rings. The van der Waals surface area contributed by atoms with E-state index >= 15 is 0 Å². The van der Waals surface area contributed by atoms with E-state index in [1.54, 1.807) is 0 Å². The molecule has 0 saturated heterocycles. The molecule has 0 atom stereocenters. The van der Waals surface area contributed by atoms with Crippen LogP contribution in [0, 0.1) is 5.41 Å². The van der Waals surface area contributed by atoms with Gasteiger partial charge in [0.15, 0.2) is 0 Å². The van der Waals surface area contributed by atoms with E-state index in [9.17, 15) is 2.74 Å². The maximum absolute atomic E-state index is 9.82. The number of nitrogens with zero attached hydrogens (tertiary/aromatic N) is 4. The van der Waals surface area contributed by atoms with Crippen molar-refractivity contribution in [1.82, 2.24) is 9.55 Å². The Morgan fingerprint density at radius 1 is 0.506 bits per heavy atom. The fourth-order valence-corrected chi connectivity index (χ4v) is 12.8. The Morgan fingerprint density at radius 2 is 1.11 bits per heavy atom. The third-order valence-electron chi connectivity index (χ3n) is 15.5. The molecule has 0 unspecified atom stereocenters. The molecule has 0 radical (unpaired) electrons. The highest BCUT2D eigenvalue weighted by molar-refractivity contribution is 7.26. The number of hydrogen-bond acceptors (Lipinski definition) is 5. The Bertz CT molecular complexity index is 4330. The second-order valence-corrected chi connectivity index (χ2v) is 25.3. The molecule has 0 aliphatic carbocycles. The third kappa shape index (κ3) is 9.22. The molecule has 0 bridgehead atoms. The van der Waals surface area contributed by atoms with E-state index in [-0.39, 0.29) is 10.8 Å². The first-order valence-corrected chi connectivity index (χ1v) is 28.4. The summed E-state index contributed by atoms with van der Waals surface area (Å²) < 4.78 is 31.3. The summed E-state index contributed by atoms with van der Waals surface area (Å²) in [5.41, 5.74) is 15.1. The van der Waals surface area contributed by atoms with Crippen LogP contribution >= 0.6 is 11.3 Å². The first-order valence-electron chi connectivity index (χ1n) is 28.5. The van der Waals surface area contributed by atoms with E-state index in [2.05, 4.69) is 250 Å². The van der Waals surface area contributed by atoms with Crippen molar-refractivity contribution < 1.29 is 7.48 Å². The van der Waals surface area contributed by atoms with Crippen LogP contribution in [-0.4, -0.2) is 16.2 Å². The van der Waals surface area contributed by atoms with Crippen molar-refractivity contribution in [3.05, 3.63) is 229 Å². The molecule has 0 fully saturated rings. The number of anilines is 4. The van der Waals surface area contributed by atoms with Gasteiger partial charge in [0.05, 0.1) is 28.1 Å². The summed E-state index contributed by atoms with van der Waals surface area (Å²) in [4.78, 5) is 10.2. The molecular weight excluding hydrogens is 981 g/mol. The van der Waals surface area contributed by atoms with Crippen LogP contribution in [0.3, 0.4) is 0 Å². The average molecular weight is 1050 g/mol. The lowest BCUT2D eigenvalue weighted by atomic mass is 9.82. The zero-order valence-electron chi connectivity index (χ0n) is 48.5. The Kier molecular flexibility index (Phi) is 11.6. The molecule has 1 aliphatic heterocycles. The van der Waals surface area contributed by atoms with Gasteiger partial charge in [0.1, 0.15) is 24.0 Å². The zero-order chi connectivity index (χ0) is 56.2. The van der Waals surface area contributed by atoms with Crippen LogP contribution in [0.25, 0.3) is 81.2 Å². The van der Waals surface area contributed by atoms with Crippen LogP contribution in [0.5, 0.6) is 11.5 Å². The van der Waals surface area contributed by atoms with Crippen LogP contribution < -0.4 is 14.5 Å². The van der Waals surface area contributed by atoms with Crippen LogP contribution in [0.2, 0.25) is 0 Å². The molecule has 79 heavy (non-hydrogen) atoms. The molecule has 0 N–H and O–H groups in total. The van der Waals surface area contributed by atoms with Crippen molar-refractivity contribution in [2.24, 2.45) is 5.41 Å². The van der Waals surface area contributed by atoms with Gasteiger partial charge in [0, 0.05) is 74.4 Å². The van der Waals surface area contributed by atoms with Crippen LogP contribution in [0.15, 0.2) is 212 Å². The highest BCUT2D eigenvalue weighted by atomic mass is 32.1. The second-order valence-electron chi connectivity index (χ2n) is 24.2. The Labute approximate surface area is 471 Å². The third-order valence-corrected chi connectivity index (χ3v) is 16.7. The van der Waals surface area contributed by atoms with E-state index in [4.69, 9.17) is 9.72 Å². The highest BCUT2D eigenvalue weighted by Gasteiger charge is 2.33. The minimum absolute atomic E-state index is 0.0193. The normalized spacial score (nSPS) is 13.6. The number of fused-ring (bicyclic) bond motifs is 8. The highest BCUT2D eigenvalue weighted by Crippen LogP contribution is 2.52. The molecule has 9 aromatic carbocycles. The summed E-state index contributed by atoms with van der Waals surface area (Å²) in [6.07, 6.45) is 0.156. The quantitative estimate of drug-likeness (QED) is 0.144. The molecule has 4 heterocycles. The van der Waals surface area contributed by atoms with E-state index < -0.39 is 11.8 Å². The number of thiophene rings is 1. The standard InChI is InChI=1S/C73H66N4OS/c1-71(2,3)44-50-39-67(74-45-61(50)49-31-33-51(34-32-49)72(4,5)6)77-64-38-37-57-56-27-16-19-30-66(56)79-70(57)68(64)58-36-35-55(43-65(58)77)78-54-26-20-25-53(42-54)75-46-76(63-29-18-17-28-62(63)75)69-59(47-21-12-10-13-22-47)40-52(73(7,8)9)41-60(69)48-23-14-11-15-24-48/h10-43,45H,44,46H2,1-9H3/i44D2. The van der Waals surface area contributed by atoms with Gasteiger partial charge in [-0.15, -0.1) is 11.3 Å². The number of ether oxygens (including phenoxy) is 1. The van der Waals surface area contributed by atoms with Gasteiger partial charge in [-0.25, -0.2) is 4.98 Å². The van der Waals surface area contributed by atoms with Gasteiger partial charge in [-0.3, -0.25) is 4.57 Å². The van der Waals surface area contributed by atoms with Crippen LogP contribution in [-0.2, 0) is 17.2 Å². The molecule has 0 amide bonds. The van der Waals surface area contributed by atoms with Crippen molar-refractivity contribution >= 4 is 76.1 Å². The minimum atomic E-state index is -1.72. The zero-order valence-corrected chi connectivity index (χ0v) is 47.3. The van der Waals surface area contributed by atoms with E-state index in [0.29, 0.717) is 29.5 Å². The van der Waals surface area contributed by atoms with Gasteiger partial charge in [-0.2, -0.15) is 0 Å². The number of hydrogen-bond donors (Lipinski definition) is 0. The van der Waals surface area contributed by atoms with Crippen LogP contribution in [0.4, 0.5) is 22.7 Å². The largest absolute Gasteiger partial charge is 0.457 e. The van der Waals surface area contributed by atoms with Gasteiger partial charge < -0.3 is 14.5 Å². The predicted molar refractivity (Wildman–Crippen MR) is 337 cm³/mol. The maximum Gasteiger partial charge on any atom is 0.137 e. The minimum Gasteiger partial charge on any atom is -0.457 e. The van der Waals surface area contributed by atoms with Gasteiger partial charge in [0.2, 0.25) is 0 Å². The molecule has 6 heteroatoms. The fourth-order valence-electron chi connectivity index (χ4n) is 11.5. The number of pyridine rings is 1. The first kappa shape index (κ1) is 47.7. The number of para-hydroxylation sites is 2. The van der Waals surface area contributed by atoms with Crippen molar-refractivity contribution in [1.29, 1.82) is 0 Å².